The first-order chi connectivity index (χ1) is 8.54. The quantitative estimate of drug-likeness (QED) is 0.514. The highest BCUT2D eigenvalue weighted by Crippen LogP contribution is 2.41. The summed E-state index contributed by atoms with van der Waals surface area (Å²) in [7, 11) is 0. The largest absolute Gasteiger partial charge is 0.456 e. The minimum absolute atomic E-state index is 0.0530. The molecule has 2 atom stereocenters. The van der Waals surface area contributed by atoms with Crippen molar-refractivity contribution < 1.29 is 35.5 Å². The summed E-state index contributed by atoms with van der Waals surface area (Å²) in [5.41, 5.74) is 0. The third-order valence-corrected chi connectivity index (χ3v) is 3.32. The average molecular weight is 314 g/mol. The topological polar surface area (TPSA) is 17.1 Å². The van der Waals surface area contributed by atoms with Crippen LogP contribution in [0.1, 0.15) is 26.2 Å². The fourth-order valence-corrected chi connectivity index (χ4v) is 1.84. The molecule has 0 aliphatic rings. The maximum absolute atomic E-state index is 13.0. The van der Waals surface area contributed by atoms with Crippen LogP contribution in [0.25, 0.3) is 0 Å². The molecule has 19 heavy (non-hydrogen) atoms. The van der Waals surface area contributed by atoms with Crippen LogP contribution in [0.15, 0.2) is 0 Å². The molecule has 0 saturated heterocycles. The molecule has 0 aromatic carbocycles. The lowest BCUT2D eigenvalue weighted by atomic mass is 10.1. The van der Waals surface area contributed by atoms with Crippen LogP contribution in [0, 0.1) is 0 Å². The first kappa shape index (κ1) is 18.5. The molecule has 0 amide bonds. The zero-order valence-corrected chi connectivity index (χ0v) is 10.8. The smallest absolute Gasteiger partial charge is 0.287 e. The molecular weight excluding hydrogens is 301 g/mol. The van der Waals surface area contributed by atoms with Crippen molar-refractivity contribution in [3.8, 4) is 0 Å². The van der Waals surface area contributed by atoms with Gasteiger partial charge >= 0.3 is 12.1 Å². The number of hydrogen-bond donors (Lipinski definition) is 0. The van der Waals surface area contributed by atoms with Gasteiger partial charge in [-0.25, -0.2) is 8.78 Å². The van der Waals surface area contributed by atoms with E-state index in [1.807, 2.05) is 0 Å². The van der Waals surface area contributed by atoms with Crippen LogP contribution in [-0.2, 0) is 4.79 Å². The van der Waals surface area contributed by atoms with Gasteiger partial charge in [-0.2, -0.15) is 22.0 Å². The molecule has 0 aromatic heterocycles. The molecule has 0 saturated carbocycles. The maximum atomic E-state index is 13.0. The summed E-state index contributed by atoms with van der Waals surface area (Å²) in [5, 5.41) is -0.215. The van der Waals surface area contributed by atoms with Gasteiger partial charge in [0.2, 0.25) is 6.17 Å². The molecule has 0 fully saturated rings. The molecule has 114 valence electrons. The Hall–Kier alpha value is -0.470. The van der Waals surface area contributed by atoms with Gasteiger partial charge in [0.25, 0.3) is 0 Å². The van der Waals surface area contributed by atoms with Crippen molar-refractivity contribution in [2.45, 2.75) is 50.6 Å². The molecule has 0 spiro atoms. The van der Waals surface area contributed by atoms with E-state index in [1.165, 1.54) is 0 Å². The van der Waals surface area contributed by atoms with Gasteiger partial charge in [-0.3, -0.25) is 4.79 Å². The normalized spacial score (nSPS) is 16.2. The molecule has 0 heterocycles. The Morgan fingerprint density at radius 3 is 2.11 bits per heavy atom. The van der Waals surface area contributed by atoms with Crippen molar-refractivity contribution >= 4 is 16.9 Å². The summed E-state index contributed by atoms with van der Waals surface area (Å²) in [6.45, 7) is 1.58. The van der Waals surface area contributed by atoms with Crippen LogP contribution < -0.4 is 0 Å². The van der Waals surface area contributed by atoms with E-state index < -0.39 is 30.9 Å². The highest BCUT2D eigenvalue weighted by Gasteiger charge is 2.65. The predicted octanol–water partition coefficient (Wildman–Crippen LogP) is 4.31. The summed E-state index contributed by atoms with van der Waals surface area (Å²) in [6, 6.07) is 0. The summed E-state index contributed by atoms with van der Waals surface area (Å²) in [5.74, 6) is -5.66. The van der Waals surface area contributed by atoms with E-state index in [9.17, 15) is 35.5 Å². The molecule has 9 heteroatoms. The first-order valence-corrected chi connectivity index (χ1v) is 6.40. The second kappa shape index (κ2) is 7.35. The number of carbonyl (C=O) groups excluding carboxylic acids is 1. The van der Waals surface area contributed by atoms with Crippen LogP contribution in [0.3, 0.4) is 0 Å². The Morgan fingerprint density at radius 1 is 1.16 bits per heavy atom. The van der Waals surface area contributed by atoms with Crippen molar-refractivity contribution in [1.29, 1.82) is 0 Å². The highest BCUT2D eigenvalue weighted by molar-refractivity contribution is 8.13. The average Bonchev–Trinajstić information content (AvgIpc) is 2.31. The van der Waals surface area contributed by atoms with Gasteiger partial charge in [-0.05, 0) is 12.8 Å². The van der Waals surface area contributed by atoms with Crippen LogP contribution >= 0.6 is 11.8 Å². The van der Waals surface area contributed by atoms with E-state index in [2.05, 4.69) is 0 Å². The van der Waals surface area contributed by atoms with Crippen LogP contribution in [0.2, 0.25) is 0 Å². The van der Waals surface area contributed by atoms with E-state index in [-0.39, 0.29) is 23.7 Å². The van der Waals surface area contributed by atoms with E-state index in [1.54, 1.807) is 6.92 Å². The van der Waals surface area contributed by atoms with Gasteiger partial charge in [-0.15, -0.1) is 0 Å². The molecule has 0 bridgehead atoms. The molecule has 0 rings (SSSR count). The number of hydrogen-bond acceptors (Lipinski definition) is 2. The monoisotopic (exact) mass is 314 g/mol. The number of thioether (sulfide) groups is 1. The molecule has 0 aliphatic heterocycles. The second-order valence-corrected chi connectivity index (χ2v) is 4.91. The standard InChI is InChI=1S/C10H13F7OS/c1-2-7(18)19-5-3-4-6(11)8(12)9(13,14)10(15,16)17/h6,8H,2-5H2,1H3. The van der Waals surface area contributed by atoms with Crippen molar-refractivity contribution in [3.63, 3.8) is 0 Å². The number of alkyl halides is 7. The van der Waals surface area contributed by atoms with Gasteiger partial charge in [0.05, 0.1) is 0 Å². The molecular formula is C10H13F7OS. The lowest BCUT2D eigenvalue weighted by Gasteiger charge is -2.25. The fourth-order valence-electron chi connectivity index (χ4n) is 1.10. The molecule has 0 radical (unpaired) electrons. The Kier molecular flexibility index (Phi) is 7.17. The number of carbonyl (C=O) groups is 1. The zero-order valence-electron chi connectivity index (χ0n) is 9.95. The molecule has 1 nitrogen and oxygen atoms in total. The maximum Gasteiger partial charge on any atom is 0.456 e. The van der Waals surface area contributed by atoms with Gasteiger partial charge in [0.1, 0.15) is 6.17 Å². The molecule has 0 aliphatic carbocycles. The minimum Gasteiger partial charge on any atom is -0.287 e. The van der Waals surface area contributed by atoms with E-state index in [0.717, 1.165) is 11.8 Å². The van der Waals surface area contributed by atoms with E-state index in [4.69, 9.17) is 0 Å². The van der Waals surface area contributed by atoms with Crippen molar-refractivity contribution in [2.24, 2.45) is 0 Å². The van der Waals surface area contributed by atoms with Gasteiger partial charge in [0, 0.05) is 12.2 Å². The Balaban J connectivity index is 4.21. The van der Waals surface area contributed by atoms with Gasteiger partial charge in [-0.1, -0.05) is 18.7 Å². The lowest BCUT2D eigenvalue weighted by molar-refractivity contribution is -0.309. The third-order valence-electron chi connectivity index (χ3n) is 2.22. The Labute approximate surface area is 109 Å². The molecule has 0 aromatic rings. The van der Waals surface area contributed by atoms with Gasteiger partial charge in [0.15, 0.2) is 5.12 Å². The van der Waals surface area contributed by atoms with Crippen molar-refractivity contribution in [3.05, 3.63) is 0 Å². The predicted molar refractivity (Wildman–Crippen MR) is 57.8 cm³/mol. The Bertz CT molecular complexity index is 292. The summed E-state index contributed by atoms with van der Waals surface area (Å²) in [6.07, 6.45) is -13.7. The Morgan fingerprint density at radius 2 is 1.68 bits per heavy atom. The molecule has 0 N–H and O–H groups in total. The van der Waals surface area contributed by atoms with Crippen molar-refractivity contribution in [2.75, 3.05) is 5.75 Å². The zero-order chi connectivity index (χ0) is 15.3. The van der Waals surface area contributed by atoms with Crippen LogP contribution in [-0.4, -0.2) is 35.3 Å². The number of halogens is 7. The number of rotatable bonds is 7. The van der Waals surface area contributed by atoms with Gasteiger partial charge < -0.3 is 0 Å². The molecule has 2 unspecified atom stereocenters. The lowest BCUT2D eigenvalue weighted by Crippen LogP contribution is -2.49. The van der Waals surface area contributed by atoms with Crippen molar-refractivity contribution in [1.82, 2.24) is 0 Å². The highest BCUT2D eigenvalue weighted by atomic mass is 32.2. The second-order valence-electron chi connectivity index (χ2n) is 3.75. The van der Waals surface area contributed by atoms with E-state index >= 15 is 0 Å². The minimum atomic E-state index is -6.12. The van der Waals surface area contributed by atoms with E-state index in [0.29, 0.717) is 0 Å². The van der Waals surface area contributed by atoms with Crippen LogP contribution in [0.5, 0.6) is 0 Å². The summed E-state index contributed by atoms with van der Waals surface area (Å²) < 4.78 is 86.1. The first-order valence-electron chi connectivity index (χ1n) is 5.42. The summed E-state index contributed by atoms with van der Waals surface area (Å²) in [4.78, 5) is 10.8. The van der Waals surface area contributed by atoms with Crippen LogP contribution in [0.4, 0.5) is 30.7 Å². The SMILES string of the molecule is CCC(=O)SCCCC(F)C(F)C(F)(F)C(F)(F)F. The fraction of sp³-hybridized carbons (Fsp3) is 0.900. The summed E-state index contributed by atoms with van der Waals surface area (Å²) >= 11 is 0.805. The third kappa shape index (κ3) is 5.58.